The molecule has 0 aromatic carbocycles. The van der Waals surface area contributed by atoms with E-state index in [1.165, 1.54) is 225 Å². The third kappa shape index (κ3) is 54.5. The number of esters is 2. The molecule has 5 nitrogen and oxygen atoms in total. The fourth-order valence-electron chi connectivity index (χ4n) is 8.79. The van der Waals surface area contributed by atoms with Crippen molar-refractivity contribution < 1.29 is 24.2 Å². The van der Waals surface area contributed by atoms with Crippen LogP contribution >= 0.6 is 0 Å². The molecule has 5 heteroatoms. The molecule has 0 fully saturated rings. The summed E-state index contributed by atoms with van der Waals surface area (Å²) in [5.41, 5.74) is 0. The van der Waals surface area contributed by atoms with Gasteiger partial charge in [0.15, 0.2) is 6.10 Å². The number of allylic oxidation sites excluding steroid dienone is 8. The number of hydrogen-bond donors (Lipinski definition) is 1. The molecule has 386 valence electrons. The van der Waals surface area contributed by atoms with E-state index < -0.39 is 6.10 Å². The number of hydrogen-bond acceptors (Lipinski definition) is 5. The van der Waals surface area contributed by atoms with Gasteiger partial charge in [0.1, 0.15) is 6.61 Å². The van der Waals surface area contributed by atoms with Crippen LogP contribution in [0.5, 0.6) is 0 Å². The van der Waals surface area contributed by atoms with E-state index in [-0.39, 0.29) is 25.2 Å². The van der Waals surface area contributed by atoms with Crippen molar-refractivity contribution in [2.24, 2.45) is 0 Å². The Morgan fingerprint density at radius 3 is 0.985 bits per heavy atom. The minimum absolute atomic E-state index is 0.0597. The molecule has 0 saturated carbocycles. The summed E-state index contributed by atoms with van der Waals surface area (Å²) in [6.45, 7) is 4.07. The lowest BCUT2D eigenvalue weighted by Gasteiger charge is -2.15. The average Bonchev–Trinajstić information content (AvgIpc) is 3.32. The third-order valence-electron chi connectivity index (χ3n) is 13.1. The van der Waals surface area contributed by atoms with Crippen LogP contribution in [-0.2, 0) is 19.1 Å². The van der Waals surface area contributed by atoms with Gasteiger partial charge >= 0.3 is 11.9 Å². The van der Waals surface area contributed by atoms with Crippen molar-refractivity contribution in [1.82, 2.24) is 0 Å². The molecule has 0 amide bonds. The first-order valence-electron chi connectivity index (χ1n) is 29.2. The molecule has 0 radical (unpaired) electrons. The molecular formula is C61H112O5. The molecule has 0 spiro atoms. The Balaban J connectivity index is 3.41. The molecule has 1 unspecified atom stereocenters. The molecule has 0 aliphatic heterocycles. The van der Waals surface area contributed by atoms with Crippen LogP contribution in [0.1, 0.15) is 309 Å². The van der Waals surface area contributed by atoms with Crippen molar-refractivity contribution in [3.63, 3.8) is 0 Å². The number of rotatable bonds is 54. The van der Waals surface area contributed by atoms with Gasteiger partial charge in [-0.2, -0.15) is 0 Å². The second kappa shape index (κ2) is 57.2. The van der Waals surface area contributed by atoms with E-state index in [2.05, 4.69) is 62.5 Å². The van der Waals surface area contributed by atoms with Crippen LogP contribution in [0.3, 0.4) is 0 Å². The number of ether oxygens (including phenoxy) is 2. The average molecular weight is 926 g/mol. The number of aliphatic hydroxyl groups excluding tert-OH is 1. The van der Waals surface area contributed by atoms with E-state index in [1.807, 2.05) is 0 Å². The Morgan fingerprint density at radius 1 is 0.364 bits per heavy atom. The fourth-order valence-corrected chi connectivity index (χ4v) is 8.79. The van der Waals surface area contributed by atoms with Crippen LogP contribution in [-0.4, -0.2) is 36.4 Å². The first-order chi connectivity index (χ1) is 32.6. The van der Waals surface area contributed by atoms with Gasteiger partial charge in [0.05, 0.1) is 6.61 Å². The first kappa shape index (κ1) is 63.9. The molecule has 0 saturated heterocycles. The summed E-state index contributed by atoms with van der Waals surface area (Å²) < 4.78 is 10.7. The molecule has 1 N–H and O–H groups in total. The SMILES string of the molecule is CC/C=C\C/C=C\C/C=C\C/C=C\CCCCCCCCCCCCCCCCCCCCCCC(=O)OC(CO)COC(=O)CCCCCCCCCCCCCCCCCCCCC. The lowest BCUT2D eigenvalue weighted by molar-refractivity contribution is -0.161. The normalized spacial score (nSPS) is 12.5. The van der Waals surface area contributed by atoms with Gasteiger partial charge in [-0.15, -0.1) is 0 Å². The standard InChI is InChI=1S/C61H112O5/c1-3-5-7-9-11-13-15-17-19-21-23-24-25-26-27-28-29-30-31-32-33-34-35-36-38-40-42-44-46-48-50-52-54-56-61(64)66-59(57-62)58-65-60(63)55-53-51-49-47-45-43-41-39-37-22-20-18-16-14-12-10-8-6-4-2/h5,7,11,13,17,19,23-24,59,62H,3-4,6,8-10,12,14-16,18,20-22,25-58H2,1-2H3/b7-5-,13-11-,19-17-,24-23-. The molecule has 0 aromatic rings. The quantitative estimate of drug-likeness (QED) is 0.0374. The Kier molecular flexibility index (Phi) is 55.3. The monoisotopic (exact) mass is 925 g/mol. The van der Waals surface area contributed by atoms with Crippen molar-refractivity contribution >= 4 is 11.9 Å². The molecule has 0 aliphatic carbocycles. The van der Waals surface area contributed by atoms with E-state index in [0.717, 1.165) is 57.8 Å². The molecule has 1 atom stereocenters. The van der Waals surface area contributed by atoms with Gasteiger partial charge in [0.2, 0.25) is 0 Å². The molecule has 0 aromatic heterocycles. The largest absolute Gasteiger partial charge is 0.462 e. The first-order valence-corrected chi connectivity index (χ1v) is 29.2. The van der Waals surface area contributed by atoms with Crippen LogP contribution < -0.4 is 0 Å². The highest BCUT2D eigenvalue weighted by atomic mass is 16.6. The van der Waals surface area contributed by atoms with Crippen molar-refractivity contribution in [2.75, 3.05) is 13.2 Å². The second-order valence-electron chi connectivity index (χ2n) is 19.7. The van der Waals surface area contributed by atoms with E-state index in [4.69, 9.17) is 9.47 Å². The summed E-state index contributed by atoms with van der Waals surface area (Å²) in [5, 5.41) is 9.65. The van der Waals surface area contributed by atoms with E-state index in [9.17, 15) is 14.7 Å². The van der Waals surface area contributed by atoms with Crippen molar-refractivity contribution in [3.05, 3.63) is 48.6 Å². The molecular weight excluding hydrogens is 813 g/mol. The maximum absolute atomic E-state index is 12.3. The van der Waals surface area contributed by atoms with Gasteiger partial charge in [0.25, 0.3) is 0 Å². The minimum Gasteiger partial charge on any atom is -0.462 e. The maximum Gasteiger partial charge on any atom is 0.306 e. The van der Waals surface area contributed by atoms with E-state index in [0.29, 0.717) is 12.8 Å². The minimum atomic E-state index is -0.768. The summed E-state index contributed by atoms with van der Waals surface area (Å²) in [6.07, 6.45) is 75.3. The van der Waals surface area contributed by atoms with E-state index in [1.54, 1.807) is 0 Å². The summed E-state index contributed by atoms with van der Waals surface area (Å²) >= 11 is 0. The molecule has 0 bridgehead atoms. The number of aliphatic hydroxyl groups is 1. The zero-order valence-corrected chi connectivity index (χ0v) is 44.2. The van der Waals surface area contributed by atoms with Crippen molar-refractivity contribution in [3.8, 4) is 0 Å². The topological polar surface area (TPSA) is 72.8 Å². The third-order valence-corrected chi connectivity index (χ3v) is 13.1. The highest BCUT2D eigenvalue weighted by Gasteiger charge is 2.16. The van der Waals surface area contributed by atoms with Gasteiger partial charge in [-0.1, -0.05) is 294 Å². The summed E-state index contributed by atoms with van der Waals surface area (Å²) in [5.74, 6) is -0.571. The summed E-state index contributed by atoms with van der Waals surface area (Å²) in [4.78, 5) is 24.5. The Bertz CT molecular complexity index is 1090. The van der Waals surface area contributed by atoms with Gasteiger partial charge in [0, 0.05) is 12.8 Å². The number of carbonyl (C=O) groups excluding carboxylic acids is 2. The Morgan fingerprint density at radius 2 is 0.652 bits per heavy atom. The lowest BCUT2D eigenvalue weighted by atomic mass is 10.0. The number of carbonyl (C=O) groups is 2. The number of unbranched alkanes of at least 4 members (excludes halogenated alkanes) is 38. The summed E-state index contributed by atoms with van der Waals surface area (Å²) in [7, 11) is 0. The fraction of sp³-hybridized carbons (Fsp3) is 0.836. The van der Waals surface area contributed by atoms with Gasteiger partial charge in [-0.25, -0.2) is 0 Å². The van der Waals surface area contributed by atoms with Crippen LogP contribution in [0.2, 0.25) is 0 Å². The zero-order chi connectivity index (χ0) is 47.7. The van der Waals surface area contributed by atoms with Crippen LogP contribution in [0.4, 0.5) is 0 Å². The second-order valence-corrected chi connectivity index (χ2v) is 19.7. The van der Waals surface area contributed by atoms with Crippen LogP contribution in [0.15, 0.2) is 48.6 Å². The predicted octanol–water partition coefficient (Wildman–Crippen LogP) is 19.6. The predicted molar refractivity (Wildman–Crippen MR) is 288 cm³/mol. The van der Waals surface area contributed by atoms with Crippen LogP contribution in [0.25, 0.3) is 0 Å². The highest BCUT2D eigenvalue weighted by Crippen LogP contribution is 2.18. The van der Waals surface area contributed by atoms with Crippen LogP contribution in [0, 0.1) is 0 Å². The Labute approximate surface area is 411 Å². The summed E-state index contributed by atoms with van der Waals surface area (Å²) in [6, 6.07) is 0. The molecule has 66 heavy (non-hydrogen) atoms. The molecule has 0 rings (SSSR count). The molecule has 0 heterocycles. The van der Waals surface area contributed by atoms with Crippen molar-refractivity contribution in [1.29, 1.82) is 0 Å². The smallest absolute Gasteiger partial charge is 0.306 e. The maximum atomic E-state index is 12.3. The van der Waals surface area contributed by atoms with Gasteiger partial charge in [-0.3, -0.25) is 9.59 Å². The highest BCUT2D eigenvalue weighted by molar-refractivity contribution is 5.70. The van der Waals surface area contributed by atoms with Gasteiger partial charge in [-0.05, 0) is 51.4 Å². The lowest BCUT2D eigenvalue weighted by Crippen LogP contribution is -2.28. The van der Waals surface area contributed by atoms with Gasteiger partial charge < -0.3 is 14.6 Å². The zero-order valence-electron chi connectivity index (χ0n) is 44.2. The molecule has 0 aliphatic rings. The Hall–Kier alpha value is -2.14. The van der Waals surface area contributed by atoms with Crippen molar-refractivity contribution in [2.45, 2.75) is 315 Å². The van der Waals surface area contributed by atoms with E-state index >= 15 is 0 Å².